The van der Waals surface area contributed by atoms with Gasteiger partial charge in [0.25, 0.3) is 5.91 Å². The van der Waals surface area contributed by atoms with Crippen LogP contribution < -0.4 is 10.3 Å². The van der Waals surface area contributed by atoms with E-state index in [0.29, 0.717) is 20.8 Å². The zero-order chi connectivity index (χ0) is 26.8. The van der Waals surface area contributed by atoms with E-state index < -0.39 is 35.8 Å². The highest BCUT2D eigenvalue weighted by molar-refractivity contribution is 7.98. The van der Waals surface area contributed by atoms with Crippen LogP contribution in [0.4, 0.5) is 0 Å². The zero-order valence-electron chi connectivity index (χ0n) is 20.1. The van der Waals surface area contributed by atoms with Crippen LogP contribution in [0.1, 0.15) is 34.8 Å². The number of aliphatic hydroxyl groups excluding tert-OH is 1. The summed E-state index contributed by atoms with van der Waals surface area (Å²) in [6, 6.07) is 1.27. The van der Waals surface area contributed by atoms with Crippen molar-refractivity contribution in [2.75, 3.05) is 6.26 Å². The van der Waals surface area contributed by atoms with Crippen molar-refractivity contribution in [2.45, 2.75) is 37.4 Å². The molecule has 37 heavy (non-hydrogen) atoms. The number of aliphatic carboxylic acids is 1. The number of primary amides is 1. The van der Waals surface area contributed by atoms with Gasteiger partial charge in [-0.25, -0.2) is 9.78 Å². The number of imidazole rings is 1. The van der Waals surface area contributed by atoms with Gasteiger partial charge in [-0.15, -0.1) is 23.1 Å². The number of aromatic nitrogens is 3. The van der Waals surface area contributed by atoms with Crippen LogP contribution in [0.2, 0.25) is 0 Å². The molecule has 3 aromatic heterocycles. The highest BCUT2D eigenvalue weighted by Crippen LogP contribution is 2.51. The first-order valence-corrected chi connectivity index (χ1v) is 13.4. The van der Waals surface area contributed by atoms with E-state index in [9.17, 15) is 29.4 Å². The molecule has 0 saturated carbocycles. The topological polar surface area (TPSA) is 159 Å². The number of rotatable bonds is 8. The third-order valence-corrected chi connectivity index (χ3v) is 8.64. The third-order valence-electron chi connectivity index (χ3n) is 6.80. The normalized spacial score (nSPS) is 21.8. The standard InChI is InChI=1S/C24H23N5O6S2/c1-10-16(20(24(34)35)29-19(10)17(11(2)30)22(29)33)14-7-28-9-26-18(23(28)37-14)21(32)12-4-13(36-3)6-27(5-12)8-15(25)31/h4-7,9-11,17,19,30H,8H2,1-3H3,(H2-,25,31,34,35)/p+1/t10-,11+,17+,19+/m0/s1. The number of carbonyl (C=O) groups excluding carboxylic acids is 3. The van der Waals surface area contributed by atoms with Crippen molar-refractivity contribution in [3.63, 3.8) is 0 Å². The molecule has 2 aliphatic rings. The van der Waals surface area contributed by atoms with Gasteiger partial charge in [-0.3, -0.25) is 18.8 Å². The second-order valence-corrected chi connectivity index (χ2v) is 11.1. The first-order chi connectivity index (χ1) is 17.5. The molecule has 0 aliphatic carbocycles. The highest BCUT2D eigenvalue weighted by atomic mass is 32.2. The third kappa shape index (κ3) is 3.93. The minimum Gasteiger partial charge on any atom is -0.477 e. The Bertz CT molecular complexity index is 1520. The zero-order valence-corrected chi connectivity index (χ0v) is 21.7. The predicted molar refractivity (Wildman–Crippen MR) is 134 cm³/mol. The summed E-state index contributed by atoms with van der Waals surface area (Å²) in [6.45, 7) is 3.29. The Balaban J connectivity index is 1.56. The van der Waals surface area contributed by atoms with Gasteiger partial charge in [-0.2, -0.15) is 4.57 Å². The number of thioether (sulfide) groups is 1. The number of carboxylic acid groups (broad SMARTS) is 1. The fourth-order valence-electron chi connectivity index (χ4n) is 5.22. The number of aliphatic hydroxyl groups is 1. The van der Waals surface area contributed by atoms with Gasteiger partial charge in [0.1, 0.15) is 22.5 Å². The second-order valence-electron chi connectivity index (χ2n) is 9.15. The predicted octanol–water partition coefficient (Wildman–Crippen LogP) is 0.775. The Morgan fingerprint density at radius 3 is 2.68 bits per heavy atom. The maximum atomic E-state index is 13.5. The van der Waals surface area contributed by atoms with Gasteiger partial charge >= 0.3 is 5.97 Å². The Hall–Kier alpha value is -3.55. The summed E-state index contributed by atoms with van der Waals surface area (Å²) >= 11 is 2.63. The quantitative estimate of drug-likeness (QED) is 0.163. The van der Waals surface area contributed by atoms with E-state index in [4.69, 9.17) is 5.73 Å². The number of hydrogen-bond acceptors (Lipinski definition) is 8. The fraction of sp³-hybridized carbons (Fsp3) is 0.333. The lowest BCUT2D eigenvalue weighted by atomic mass is 9.77. The van der Waals surface area contributed by atoms with Crippen LogP contribution in [0.15, 0.2) is 41.6 Å². The molecule has 5 heterocycles. The molecule has 4 atom stereocenters. The van der Waals surface area contributed by atoms with Gasteiger partial charge in [0.2, 0.25) is 18.2 Å². The van der Waals surface area contributed by atoms with Gasteiger partial charge < -0.3 is 20.8 Å². The lowest BCUT2D eigenvalue weighted by Crippen LogP contribution is -2.63. The van der Waals surface area contributed by atoms with E-state index >= 15 is 0 Å². The van der Waals surface area contributed by atoms with E-state index in [1.807, 2.05) is 13.2 Å². The summed E-state index contributed by atoms with van der Waals surface area (Å²) in [4.78, 5) is 57.2. The van der Waals surface area contributed by atoms with Gasteiger partial charge in [-0.05, 0) is 19.2 Å². The second kappa shape index (κ2) is 9.08. The Kier molecular flexibility index (Phi) is 6.16. The van der Waals surface area contributed by atoms with E-state index in [1.54, 1.807) is 33.6 Å². The fourth-order valence-corrected chi connectivity index (χ4v) is 6.92. The summed E-state index contributed by atoms with van der Waals surface area (Å²) in [6.07, 6.45) is 7.42. The van der Waals surface area contributed by atoms with Crippen LogP contribution in [-0.2, 0) is 20.9 Å². The Labute approximate surface area is 219 Å². The van der Waals surface area contributed by atoms with Crippen molar-refractivity contribution in [1.82, 2.24) is 14.3 Å². The molecule has 1 fully saturated rings. The molecule has 13 heteroatoms. The van der Waals surface area contributed by atoms with Crippen molar-refractivity contribution in [3.05, 3.63) is 52.8 Å². The first-order valence-electron chi connectivity index (χ1n) is 11.4. The average molecular weight is 543 g/mol. The molecule has 0 aromatic carbocycles. The minimum atomic E-state index is -1.22. The number of nitrogens with zero attached hydrogens (tertiary/aromatic N) is 4. The molecule has 2 amide bonds. The molecule has 0 radical (unpaired) electrons. The van der Waals surface area contributed by atoms with E-state index in [-0.39, 0.29) is 29.6 Å². The van der Waals surface area contributed by atoms with Crippen LogP contribution in [-0.4, -0.2) is 66.5 Å². The number of carboxylic acids is 1. The molecule has 5 rings (SSSR count). The summed E-state index contributed by atoms with van der Waals surface area (Å²) in [5, 5.41) is 20.1. The van der Waals surface area contributed by atoms with Crippen LogP contribution >= 0.6 is 23.1 Å². The number of amides is 2. The molecular weight excluding hydrogens is 518 g/mol. The molecule has 0 spiro atoms. The van der Waals surface area contributed by atoms with Crippen molar-refractivity contribution < 1.29 is 34.0 Å². The summed E-state index contributed by atoms with van der Waals surface area (Å²) in [5.41, 5.74) is 6.24. The number of thiazole rings is 1. The number of β-lactam (4-membered cyclic amide) rings is 1. The lowest BCUT2D eigenvalue weighted by Gasteiger charge is -2.46. The molecule has 3 aromatic rings. The van der Waals surface area contributed by atoms with Gasteiger partial charge in [0, 0.05) is 17.7 Å². The largest absolute Gasteiger partial charge is 0.477 e. The van der Waals surface area contributed by atoms with Crippen molar-refractivity contribution in [1.29, 1.82) is 0 Å². The summed E-state index contributed by atoms with van der Waals surface area (Å²) in [7, 11) is 0. The maximum absolute atomic E-state index is 13.5. The lowest BCUT2D eigenvalue weighted by molar-refractivity contribution is -0.686. The smallest absolute Gasteiger partial charge is 0.352 e. The van der Waals surface area contributed by atoms with Gasteiger partial charge in [-0.1, -0.05) is 6.92 Å². The Morgan fingerprint density at radius 2 is 2.05 bits per heavy atom. The molecule has 1 saturated heterocycles. The number of hydrogen-bond donors (Lipinski definition) is 3. The van der Waals surface area contributed by atoms with Crippen molar-refractivity contribution >= 4 is 57.1 Å². The van der Waals surface area contributed by atoms with Crippen LogP contribution in [0.25, 0.3) is 10.4 Å². The monoisotopic (exact) mass is 542 g/mol. The van der Waals surface area contributed by atoms with E-state index in [0.717, 1.165) is 4.90 Å². The number of carbonyl (C=O) groups is 4. The number of pyridine rings is 1. The SMILES string of the molecule is CSc1cc(C(=O)c2ncn3cc(C4=C(C(=O)O)N5C(=O)[C@H]([C@@H](C)O)[C@H]5[C@H]4C)sc23)c[n+](CC(N)=O)c1. The summed E-state index contributed by atoms with van der Waals surface area (Å²) < 4.78 is 3.21. The van der Waals surface area contributed by atoms with Gasteiger partial charge in [0.15, 0.2) is 12.4 Å². The van der Waals surface area contributed by atoms with Crippen molar-refractivity contribution in [2.24, 2.45) is 17.6 Å². The van der Waals surface area contributed by atoms with E-state index in [1.165, 1.54) is 41.2 Å². The van der Waals surface area contributed by atoms with Crippen LogP contribution in [0, 0.1) is 11.8 Å². The molecule has 192 valence electrons. The summed E-state index contributed by atoms with van der Waals surface area (Å²) in [5.74, 6) is -3.51. The first kappa shape index (κ1) is 25.1. The molecule has 4 N–H and O–H groups in total. The minimum absolute atomic E-state index is 0.0791. The van der Waals surface area contributed by atoms with Crippen LogP contribution in [0.5, 0.6) is 0 Å². The molecule has 0 bridgehead atoms. The van der Waals surface area contributed by atoms with Crippen LogP contribution in [0.3, 0.4) is 0 Å². The molecular formula is C24H24N5O6S2+. The maximum Gasteiger partial charge on any atom is 0.352 e. The van der Waals surface area contributed by atoms with Crippen molar-refractivity contribution in [3.8, 4) is 0 Å². The molecule has 2 aliphatic heterocycles. The number of fused-ring (bicyclic) bond motifs is 2. The van der Waals surface area contributed by atoms with Gasteiger partial charge in [0.05, 0.1) is 33.4 Å². The number of nitrogens with two attached hydrogens (primary N) is 1. The Morgan fingerprint density at radius 1 is 1.32 bits per heavy atom. The number of ketones is 1. The highest BCUT2D eigenvalue weighted by Gasteiger charge is 2.60. The molecule has 11 nitrogen and oxygen atoms in total. The van der Waals surface area contributed by atoms with E-state index in [2.05, 4.69) is 4.98 Å². The molecule has 0 unspecified atom stereocenters. The average Bonchev–Trinajstić information content (AvgIpc) is 3.47.